The van der Waals surface area contributed by atoms with Crippen LogP contribution >= 0.6 is 0 Å². The van der Waals surface area contributed by atoms with E-state index < -0.39 is 0 Å². The van der Waals surface area contributed by atoms with Crippen LogP contribution in [-0.2, 0) is 5.41 Å². The average Bonchev–Trinajstić information content (AvgIpc) is 2.97. The van der Waals surface area contributed by atoms with Gasteiger partial charge in [-0.05, 0) is 52.7 Å². The first kappa shape index (κ1) is 15.0. The van der Waals surface area contributed by atoms with Crippen molar-refractivity contribution in [1.29, 1.82) is 0 Å². The SMILES string of the molecule is C=C[C@]1(C)CC[C@H]2[C@@H](c3c[nH]c4cccc(c34)C2(C)C)[C@H]1[N-]C. The van der Waals surface area contributed by atoms with E-state index in [1.165, 1.54) is 34.9 Å². The van der Waals surface area contributed by atoms with E-state index in [0.29, 0.717) is 17.9 Å². The Labute approximate surface area is 139 Å². The summed E-state index contributed by atoms with van der Waals surface area (Å²) in [5, 5.41) is 6.32. The van der Waals surface area contributed by atoms with Crippen LogP contribution in [0.15, 0.2) is 37.1 Å². The largest absolute Gasteiger partial charge is 0.661 e. The predicted octanol–water partition coefficient (Wildman–Crippen LogP) is 5.52. The fourth-order valence-corrected chi connectivity index (χ4v) is 5.51. The van der Waals surface area contributed by atoms with Crippen LogP contribution in [-0.4, -0.2) is 18.1 Å². The highest BCUT2D eigenvalue weighted by Crippen LogP contribution is 2.60. The second-order valence-electron chi connectivity index (χ2n) is 8.28. The average molecular weight is 307 g/mol. The van der Waals surface area contributed by atoms with Gasteiger partial charge in [0.25, 0.3) is 0 Å². The van der Waals surface area contributed by atoms with Crippen LogP contribution < -0.4 is 0 Å². The number of nitrogens with zero attached hydrogens (tertiary/aromatic N) is 1. The molecule has 1 N–H and O–H groups in total. The van der Waals surface area contributed by atoms with E-state index in [1.807, 2.05) is 7.05 Å². The standard InChI is InChI=1S/C21H27N2/c1-6-21(4)11-10-15-18(19(21)22-5)13-12-23-16-9-7-8-14(17(13)16)20(15,2)3/h6-9,12,15,18-19,23H,1,10-11H2,2-5H3/q-1/t15-,18+,19+,21+/m0/s1. The Morgan fingerprint density at radius 2 is 2.09 bits per heavy atom. The number of aromatic amines is 1. The Kier molecular flexibility index (Phi) is 3.09. The van der Waals surface area contributed by atoms with Crippen molar-refractivity contribution in [3.05, 3.63) is 53.5 Å². The van der Waals surface area contributed by atoms with Gasteiger partial charge in [0, 0.05) is 17.1 Å². The lowest BCUT2D eigenvalue weighted by Gasteiger charge is -2.60. The summed E-state index contributed by atoms with van der Waals surface area (Å²) >= 11 is 0. The van der Waals surface area contributed by atoms with Crippen LogP contribution in [0.5, 0.6) is 0 Å². The molecular weight excluding hydrogens is 280 g/mol. The molecule has 0 amide bonds. The molecule has 4 rings (SSSR count). The zero-order valence-corrected chi connectivity index (χ0v) is 14.7. The third-order valence-electron chi connectivity index (χ3n) is 6.90. The highest BCUT2D eigenvalue weighted by Gasteiger charge is 2.50. The molecule has 0 aliphatic heterocycles. The molecule has 0 spiro atoms. The van der Waals surface area contributed by atoms with E-state index in [9.17, 15) is 0 Å². The molecule has 1 fully saturated rings. The molecule has 1 heterocycles. The van der Waals surface area contributed by atoms with Gasteiger partial charge in [0.15, 0.2) is 0 Å². The Morgan fingerprint density at radius 1 is 1.30 bits per heavy atom. The Hall–Kier alpha value is -1.54. The third kappa shape index (κ3) is 1.79. The van der Waals surface area contributed by atoms with Crippen LogP contribution in [0, 0.1) is 11.3 Å². The highest BCUT2D eigenvalue weighted by molar-refractivity contribution is 5.89. The molecule has 1 saturated carbocycles. The minimum absolute atomic E-state index is 0.0991. The van der Waals surface area contributed by atoms with Crippen molar-refractivity contribution in [2.45, 2.75) is 51.0 Å². The van der Waals surface area contributed by atoms with Gasteiger partial charge in [-0.2, -0.15) is 7.05 Å². The number of hydrogen-bond acceptors (Lipinski definition) is 0. The lowest BCUT2D eigenvalue weighted by molar-refractivity contribution is 0.116. The number of hydrogen-bond donors (Lipinski definition) is 1. The first-order chi connectivity index (χ1) is 10.9. The van der Waals surface area contributed by atoms with Crippen molar-refractivity contribution in [3.63, 3.8) is 0 Å². The fourth-order valence-electron chi connectivity index (χ4n) is 5.51. The van der Waals surface area contributed by atoms with Crippen molar-refractivity contribution in [3.8, 4) is 0 Å². The summed E-state index contributed by atoms with van der Waals surface area (Å²) in [6, 6.07) is 7.03. The summed E-state index contributed by atoms with van der Waals surface area (Å²) in [5.41, 5.74) is 4.53. The molecule has 2 nitrogen and oxygen atoms in total. The van der Waals surface area contributed by atoms with E-state index >= 15 is 0 Å². The minimum atomic E-state index is 0.0991. The van der Waals surface area contributed by atoms with Crippen molar-refractivity contribution in [2.75, 3.05) is 7.05 Å². The molecule has 0 bridgehead atoms. The van der Waals surface area contributed by atoms with E-state index in [0.717, 1.165) is 0 Å². The molecule has 122 valence electrons. The van der Waals surface area contributed by atoms with Gasteiger partial charge in [-0.15, -0.1) is 12.6 Å². The summed E-state index contributed by atoms with van der Waals surface area (Å²) in [5.74, 6) is 1.12. The van der Waals surface area contributed by atoms with Gasteiger partial charge in [0.2, 0.25) is 0 Å². The lowest BCUT2D eigenvalue weighted by Crippen LogP contribution is -2.49. The van der Waals surface area contributed by atoms with Crippen LogP contribution in [0.4, 0.5) is 0 Å². The van der Waals surface area contributed by atoms with Gasteiger partial charge in [0.05, 0.1) is 0 Å². The number of rotatable bonds is 2. The zero-order valence-electron chi connectivity index (χ0n) is 14.7. The molecule has 0 unspecified atom stereocenters. The van der Waals surface area contributed by atoms with Crippen molar-refractivity contribution >= 4 is 10.9 Å². The molecule has 4 atom stereocenters. The lowest BCUT2D eigenvalue weighted by atomic mass is 9.51. The molecule has 1 aromatic heterocycles. The number of nitrogens with one attached hydrogen (secondary N) is 1. The number of H-pyrrole nitrogens is 1. The van der Waals surface area contributed by atoms with Gasteiger partial charge in [-0.3, -0.25) is 0 Å². The van der Waals surface area contributed by atoms with Crippen LogP contribution in [0.2, 0.25) is 0 Å². The summed E-state index contributed by atoms with van der Waals surface area (Å²) < 4.78 is 0. The van der Waals surface area contributed by atoms with E-state index in [2.05, 4.69) is 62.8 Å². The van der Waals surface area contributed by atoms with Crippen molar-refractivity contribution in [1.82, 2.24) is 4.98 Å². The van der Waals surface area contributed by atoms with E-state index in [1.54, 1.807) is 0 Å². The summed E-state index contributed by atoms with van der Waals surface area (Å²) in [4.78, 5) is 3.51. The number of fused-ring (bicyclic) bond motifs is 2. The molecule has 0 saturated heterocycles. The van der Waals surface area contributed by atoms with Gasteiger partial charge < -0.3 is 10.3 Å². The zero-order chi connectivity index (χ0) is 16.4. The van der Waals surface area contributed by atoms with Crippen LogP contribution in [0.25, 0.3) is 16.2 Å². The monoisotopic (exact) mass is 307 g/mol. The molecule has 2 aliphatic rings. The predicted molar refractivity (Wildman–Crippen MR) is 98.2 cm³/mol. The molecule has 23 heavy (non-hydrogen) atoms. The second kappa shape index (κ2) is 4.73. The molecular formula is C21H27N2-. The first-order valence-corrected chi connectivity index (χ1v) is 8.77. The topological polar surface area (TPSA) is 29.9 Å². The summed E-state index contributed by atoms with van der Waals surface area (Å²) in [6.07, 6.45) is 6.82. The van der Waals surface area contributed by atoms with Crippen molar-refractivity contribution < 1.29 is 0 Å². The Bertz CT molecular complexity index is 769. The second-order valence-corrected chi connectivity index (χ2v) is 8.28. The maximum atomic E-state index is 4.88. The van der Waals surface area contributed by atoms with Gasteiger partial charge in [-0.25, -0.2) is 0 Å². The summed E-state index contributed by atoms with van der Waals surface area (Å²) in [6.45, 7) is 11.3. The van der Waals surface area contributed by atoms with Gasteiger partial charge in [0.1, 0.15) is 0 Å². The first-order valence-electron chi connectivity index (χ1n) is 8.77. The number of likely N-dealkylation sites (N-methyl/N-ethyl adjacent to an activating group) is 1. The number of aromatic nitrogens is 1. The molecule has 2 heteroatoms. The third-order valence-corrected chi connectivity index (χ3v) is 6.90. The van der Waals surface area contributed by atoms with E-state index in [-0.39, 0.29) is 10.8 Å². The fraction of sp³-hybridized carbons (Fsp3) is 0.524. The highest BCUT2D eigenvalue weighted by atomic mass is 14.9. The van der Waals surface area contributed by atoms with Crippen LogP contribution in [0.1, 0.15) is 50.7 Å². The van der Waals surface area contributed by atoms with E-state index in [4.69, 9.17) is 5.32 Å². The maximum absolute atomic E-state index is 4.88. The molecule has 2 aliphatic carbocycles. The van der Waals surface area contributed by atoms with Crippen LogP contribution in [0.3, 0.4) is 0 Å². The Morgan fingerprint density at radius 3 is 2.78 bits per heavy atom. The quantitative estimate of drug-likeness (QED) is 0.708. The number of benzene rings is 1. The maximum Gasteiger partial charge on any atom is 0.0459 e. The summed E-state index contributed by atoms with van der Waals surface area (Å²) in [7, 11) is 1.99. The Balaban J connectivity index is 2.00. The van der Waals surface area contributed by atoms with Gasteiger partial charge in [-0.1, -0.05) is 39.0 Å². The van der Waals surface area contributed by atoms with Gasteiger partial charge >= 0.3 is 0 Å². The molecule has 2 aromatic rings. The normalized spacial score (nSPS) is 35.0. The van der Waals surface area contributed by atoms with Crippen molar-refractivity contribution in [2.24, 2.45) is 11.3 Å². The smallest absolute Gasteiger partial charge is 0.0459 e. The molecule has 0 radical (unpaired) electrons. The minimum Gasteiger partial charge on any atom is -0.661 e. The molecule has 1 aromatic carbocycles.